The summed E-state index contributed by atoms with van der Waals surface area (Å²) in [4.78, 5) is 21.7. The molecule has 0 spiro atoms. The van der Waals surface area contributed by atoms with Crippen molar-refractivity contribution in [2.45, 2.75) is 25.9 Å². The van der Waals surface area contributed by atoms with Gasteiger partial charge in [-0.3, -0.25) is 14.9 Å². The molecule has 1 amide bonds. The molecule has 0 saturated carbocycles. The van der Waals surface area contributed by atoms with Crippen LogP contribution < -0.4 is 14.8 Å². The number of nitrogens with one attached hydrogen (secondary N) is 1. The molecule has 132 valence electrons. The summed E-state index contributed by atoms with van der Waals surface area (Å²) in [6.45, 7) is 4.48. The second kappa shape index (κ2) is 6.46. The third-order valence-electron chi connectivity index (χ3n) is 3.70. The number of nitrogens with zero attached hydrogens (tertiary/aromatic N) is 1. The summed E-state index contributed by atoms with van der Waals surface area (Å²) in [6, 6.07) is 8.12. The highest BCUT2D eigenvalue weighted by Gasteiger charge is 2.32. The van der Waals surface area contributed by atoms with Gasteiger partial charge in [0.25, 0.3) is 5.91 Å². The van der Waals surface area contributed by atoms with E-state index in [9.17, 15) is 14.9 Å². The van der Waals surface area contributed by atoms with Gasteiger partial charge in [0.2, 0.25) is 0 Å². The Bertz CT molecular complexity index is 811. The van der Waals surface area contributed by atoms with Crippen molar-refractivity contribution >= 4 is 11.8 Å². The van der Waals surface area contributed by atoms with Crippen molar-refractivity contribution in [1.29, 1.82) is 0 Å². The van der Waals surface area contributed by atoms with Gasteiger partial charge in [-0.1, -0.05) is 12.1 Å². The van der Waals surface area contributed by atoms with Gasteiger partial charge in [-0.15, -0.1) is 0 Å². The molecule has 0 radical (unpaired) electrons. The Morgan fingerprint density at radius 1 is 1.36 bits per heavy atom. The first-order valence-electron chi connectivity index (χ1n) is 7.82. The van der Waals surface area contributed by atoms with Crippen molar-refractivity contribution in [2.24, 2.45) is 0 Å². The zero-order valence-corrected chi connectivity index (χ0v) is 13.9. The summed E-state index contributed by atoms with van der Waals surface area (Å²) >= 11 is 0. The second-order valence-electron chi connectivity index (χ2n) is 6.28. The maximum absolute atomic E-state index is 11.9. The molecule has 2 aromatic rings. The van der Waals surface area contributed by atoms with Crippen LogP contribution in [-0.2, 0) is 6.42 Å². The van der Waals surface area contributed by atoms with Crippen LogP contribution in [0.4, 0.5) is 5.88 Å². The molecule has 1 aromatic carbocycles. The van der Waals surface area contributed by atoms with Crippen LogP contribution in [0.1, 0.15) is 30.0 Å². The maximum Gasteiger partial charge on any atom is 0.433 e. The highest BCUT2D eigenvalue weighted by molar-refractivity contribution is 5.91. The average Bonchev–Trinajstić information content (AvgIpc) is 3.14. The van der Waals surface area contributed by atoms with E-state index >= 15 is 0 Å². The molecular weight excluding hydrogens is 328 g/mol. The second-order valence-corrected chi connectivity index (χ2v) is 6.28. The summed E-state index contributed by atoms with van der Waals surface area (Å²) in [6.07, 6.45) is 0.813. The molecule has 0 unspecified atom stereocenters. The highest BCUT2D eigenvalue weighted by atomic mass is 16.6. The lowest BCUT2D eigenvalue weighted by atomic mass is 10.0. The summed E-state index contributed by atoms with van der Waals surface area (Å²) in [5.74, 6) is 0.247. The largest absolute Gasteiger partial charge is 0.488 e. The van der Waals surface area contributed by atoms with Gasteiger partial charge in [-0.2, -0.15) is 0 Å². The van der Waals surface area contributed by atoms with E-state index in [4.69, 9.17) is 13.9 Å². The van der Waals surface area contributed by atoms with Gasteiger partial charge in [-0.25, -0.2) is 0 Å². The molecule has 8 nitrogen and oxygen atoms in total. The van der Waals surface area contributed by atoms with Crippen molar-refractivity contribution in [1.82, 2.24) is 5.32 Å². The lowest BCUT2D eigenvalue weighted by molar-refractivity contribution is -0.402. The molecule has 0 bridgehead atoms. The number of amides is 1. The van der Waals surface area contributed by atoms with Crippen molar-refractivity contribution in [3.63, 3.8) is 0 Å². The number of benzene rings is 1. The molecule has 0 aliphatic carbocycles. The van der Waals surface area contributed by atoms with Crippen LogP contribution in [0.3, 0.4) is 0 Å². The molecule has 0 atom stereocenters. The monoisotopic (exact) mass is 346 g/mol. The van der Waals surface area contributed by atoms with E-state index < -0.39 is 16.7 Å². The Hall–Kier alpha value is -3.03. The van der Waals surface area contributed by atoms with Crippen LogP contribution in [0.25, 0.3) is 0 Å². The Labute approximate surface area is 143 Å². The van der Waals surface area contributed by atoms with E-state index in [-0.39, 0.29) is 24.5 Å². The number of hydrogen-bond acceptors (Lipinski definition) is 6. The summed E-state index contributed by atoms with van der Waals surface area (Å²) < 4.78 is 16.4. The smallest absolute Gasteiger partial charge is 0.433 e. The molecule has 2 heterocycles. The van der Waals surface area contributed by atoms with Crippen LogP contribution in [0.15, 0.2) is 34.7 Å². The molecule has 8 heteroatoms. The minimum atomic E-state index is -0.697. The molecule has 25 heavy (non-hydrogen) atoms. The van der Waals surface area contributed by atoms with Gasteiger partial charge in [0.05, 0.1) is 12.6 Å². The quantitative estimate of drug-likeness (QED) is 0.490. The van der Waals surface area contributed by atoms with Crippen LogP contribution in [0.5, 0.6) is 11.5 Å². The van der Waals surface area contributed by atoms with Crippen molar-refractivity contribution in [3.05, 3.63) is 51.8 Å². The van der Waals surface area contributed by atoms with E-state index in [0.29, 0.717) is 5.75 Å². The molecule has 0 fully saturated rings. The Balaban J connectivity index is 1.52. The molecule has 1 aliphatic heterocycles. The molecule has 3 rings (SSSR count). The van der Waals surface area contributed by atoms with Gasteiger partial charge in [0, 0.05) is 12.0 Å². The number of carbonyl (C=O) groups excluding carboxylic acids is 1. The number of hydrogen-bond donors (Lipinski definition) is 1. The molecule has 1 aromatic heterocycles. The zero-order chi connectivity index (χ0) is 18.0. The van der Waals surface area contributed by atoms with Gasteiger partial charge in [0.15, 0.2) is 17.3 Å². The zero-order valence-electron chi connectivity index (χ0n) is 13.9. The number of furan rings is 1. The summed E-state index contributed by atoms with van der Waals surface area (Å²) in [5.41, 5.74) is 0.832. The number of rotatable bonds is 6. The number of fused-ring (bicyclic) bond motifs is 1. The Kier molecular flexibility index (Phi) is 4.35. The third-order valence-corrected chi connectivity index (χ3v) is 3.70. The fourth-order valence-corrected chi connectivity index (χ4v) is 2.66. The predicted molar refractivity (Wildman–Crippen MR) is 88.0 cm³/mol. The lowest BCUT2D eigenvalue weighted by Crippen LogP contribution is -2.28. The number of ether oxygens (including phenoxy) is 2. The van der Waals surface area contributed by atoms with E-state index in [2.05, 4.69) is 5.32 Å². The van der Waals surface area contributed by atoms with E-state index in [1.165, 1.54) is 6.07 Å². The van der Waals surface area contributed by atoms with Crippen molar-refractivity contribution in [2.75, 3.05) is 13.2 Å². The lowest BCUT2D eigenvalue weighted by Gasteiger charge is -2.18. The predicted octanol–water partition coefficient (Wildman–Crippen LogP) is 2.71. The normalized spacial score (nSPS) is 14.5. The summed E-state index contributed by atoms with van der Waals surface area (Å²) in [5, 5.41) is 13.1. The molecule has 0 saturated heterocycles. The standard InChI is InChI=1S/C17H18N2O6/c1-17(2)10-11-4-3-5-12(15(11)25-17)23-9-8-18-16(20)13-6-7-14(24-13)19(21)22/h3-7H,8-10H2,1-2H3,(H,18,20). The topological polar surface area (TPSA) is 104 Å². The van der Waals surface area contributed by atoms with Crippen LogP contribution >= 0.6 is 0 Å². The fraction of sp³-hybridized carbons (Fsp3) is 0.353. The average molecular weight is 346 g/mol. The maximum atomic E-state index is 11.9. The minimum Gasteiger partial charge on any atom is -0.488 e. The fourth-order valence-electron chi connectivity index (χ4n) is 2.66. The van der Waals surface area contributed by atoms with Gasteiger partial charge in [0.1, 0.15) is 17.1 Å². The molecular formula is C17H18N2O6. The third kappa shape index (κ3) is 3.73. The number of carbonyl (C=O) groups is 1. The first kappa shape index (κ1) is 16.8. The van der Waals surface area contributed by atoms with Gasteiger partial charge in [-0.05, 0) is 26.0 Å². The van der Waals surface area contributed by atoms with Crippen molar-refractivity contribution in [3.8, 4) is 11.5 Å². The Morgan fingerprint density at radius 2 is 2.16 bits per heavy atom. The summed E-state index contributed by atoms with van der Waals surface area (Å²) in [7, 11) is 0. The highest BCUT2D eigenvalue weighted by Crippen LogP contribution is 2.41. The van der Waals surface area contributed by atoms with Crippen molar-refractivity contribution < 1.29 is 23.6 Å². The SMILES string of the molecule is CC1(C)Cc2cccc(OCCNC(=O)c3ccc([N+](=O)[O-])o3)c2O1. The van der Waals surface area contributed by atoms with E-state index in [1.54, 1.807) is 0 Å². The van der Waals surface area contributed by atoms with Crippen LogP contribution in [0.2, 0.25) is 0 Å². The molecule has 1 aliphatic rings. The number of nitro groups is 1. The number of para-hydroxylation sites is 1. The van der Waals surface area contributed by atoms with Gasteiger partial charge < -0.3 is 19.2 Å². The van der Waals surface area contributed by atoms with E-state index in [0.717, 1.165) is 23.8 Å². The first-order valence-corrected chi connectivity index (χ1v) is 7.82. The Morgan fingerprint density at radius 3 is 2.88 bits per heavy atom. The van der Waals surface area contributed by atoms with E-state index in [1.807, 2.05) is 32.0 Å². The molecule has 1 N–H and O–H groups in total. The van der Waals surface area contributed by atoms with Crippen LogP contribution in [0, 0.1) is 10.1 Å². The van der Waals surface area contributed by atoms with Gasteiger partial charge >= 0.3 is 5.88 Å². The minimum absolute atomic E-state index is 0.114. The first-order chi connectivity index (χ1) is 11.9. The van der Waals surface area contributed by atoms with Crippen LogP contribution in [-0.4, -0.2) is 29.6 Å².